The van der Waals surface area contributed by atoms with Crippen molar-refractivity contribution in [3.8, 4) is 17.0 Å². The zero-order chi connectivity index (χ0) is 33.5. The SMILES string of the molecule is COc1ccc2c(c1)C=C(C(=O)N1CCC[C@@H](OC(C)=O)C1)Cn1c-2c(C2CCCCC2)c2ccc(C(=O)NS(=O)(=O)N(C)C)cc21. The van der Waals surface area contributed by atoms with Crippen molar-refractivity contribution < 1.29 is 32.3 Å². The highest BCUT2D eigenvalue weighted by atomic mass is 32.2. The van der Waals surface area contributed by atoms with Gasteiger partial charge in [-0.2, -0.15) is 12.7 Å². The monoisotopic (exact) mass is 662 g/mol. The first kappa shape index (κ1) is 32.8. The van der Waals surface area contributed by atoms with Gasteiger partial charge in [0, 0.05) is 55.2 Å². The molecule has 47 heavy (non-hydrogen) atoms. The summed E-state index contributed by atoms with van der Waals surface area (Å²) in [4.78, 5) is 41.0. The second kappa shape index (κ2) is 13.2. The molecule has 2 aromatic carbocycles. The third-order valence-electron chi connectivity index (χ3n) is 9.53. The van der Waals surface area contributed by atoms with Crippen LogP contribution in [0.3, 0.4) is 0 Å². The van der Waals surface area contributed by atoms with Crippen molar-refractivity contribution in [1.82, 2.24) is 18.5 Å². The zero-order valence-corrected chi connectivity index (χ0v) is 28.2. The fraction of sp³-hybridized carbons (Fsp3) is 0.457. The summed E-state index contributed by atoms with van der Waals surface area (Å²) < 4.78 is 41.3. The van der Waals surface area contributed by atoms with E-state index < -0.39 is 16.1 Å². The predicted octanol–water partition coefficient (Wildman–Crippen LogP) is 4.85. The van der Waals surface area contributed by atoms with E-state index in [1.807, 2.05) is 30.3 Å². The summed E-state index contributed by atoms with van der Waals surface area (Å²) in [5, 5.41) is 0.988. The van der Waals surface area contributed by atoms with Crippen LogP contribution in [0.2, 0.25) is 0 Å². The fourth-order valence-electron chi connectivity index (χ4n) is 7.24. The smallest absolute Gasteiger partial charge is 0.303 e. The number of piperidine rings is 1. The lowest BCUT2D eigenvalue weighted by Gasteiger charge is -2.32. The van der Waals surface area contributed by atoms with Gasteiger partial charge in [-0.25, -0.2) is 4.72 Å². The van der Waals surface area contributed by atoms with Gasteiger partial charge in [-0.1, -0.05) is 25.3 Å². The third kappa shape index (κ3) is 6.53. The molecule has 1 aliphatic carbocycles. The van der Waals surface area contributed by atoms with E-state index in [0.717, 1.165) is 64.1 Å². The zero-order valence-electron chi connectivity index (χ0n) is 27.4. The molecule has 3 heterocycles. The lowest BCUT2D eigenvalue weighted by atomic mass is 9.81. The molecule has 11 nitrogen and oxygen atoms in total. The summed E-state index contributed by atoms with van der Waals surface area (Å²) in [6.07, 6.45) is 8.49. The second-order valence-electron chi connectivity index (χ2n) is 12.9. The number of hydrogen-bond acceptors (Lipinski definition) is 7. The number of aromatic nitrogens is 1. The summed E-state index contributed by atoms with van der Waals surface area (Å²) in [6, 6.07) is 11.2. The normalized spacial score (nSPS) is 18.6. The van der Waals surface area contributed by atoms with Crippen molar-refractivity contribution in [2.24, 2.45) is 0 Å². The number of nitrogens with zero attached hydrogens (tertiary/aromatic N) is 3. The van der Waals surface area contributed by atoms with Gasteiger partial charge in [0.05, 0.1) is 25.9 Å². The number of nitrogens with one attached hydrogen (secondary N) is 1. The number of amides is 2. The Morgan fingerprint density at radius 2 is 1.74 bits per heavy atom. The van der Waals surface area contributed by atoms with Crippen molar-refractivity contribution in [3.63, 3.8) is 0 Å². The van der Waals surface area contributed by atoms with Gasteiger partial charge in [0.2, 0.25) is 0 Å². The molecule has 1 saturated carbocycles. The van der Waals surface area contributed by atoms with Gasteiger partial charge in [-0.05, 0) is 79.1 Å². The van der Waals surface area contributed by atoms with Crippen LogP contribution < -0.4 is 9.46 Å². The summed E-state index contributed by atoms with van der Waals surface area (Å²) in [5.74, 6) is -0.281. The third-order valence-corrected chi connectivity index (χ3v) is 10.9. The van der Waals surface area contributed by atoms with Crippen LogP contribution in [0.4, 0.5) is 0 Å². The minimum absolute atomic E-state index is 0.143. The Labute approximate surface area is 275 Å². The fourth-order valence-corrected chi connectivity index (χ4v) is 7.77. The highest BCUT2D eigenvalue weighted by Crippen LogP contribution is 2.47. The number of likely N-dealkylation sites (tertiary alicyclic amines) is 1. The van der Waals surface area contributed by atoms with E-state index in [-0.39, 0.29) is 36.0 Å². The summed E-state index contributed by atoms with van der Waals surface area (Å²) in [5.41, 5.74) is 5.52. The molecule has 3 aromatic rings. The molecule has 12 heteroatoms. The molecule has 1 saturated heterocycles. The highest BCUT2D eigenvalue weighted by molar-refractivity contribution is 7.87. The molecule has 1 atom stereocenters. The molecule has 2 aliphatic heterocycles. The molecule has 0 unspecified atom stereocenters. The van der Waals surface area contributed by atoms with E-state index in [0.29, 0.717) is 30.8 Å². The molecule has 0 radical (unpaired) electrons. The molecule has 2 fully saturated rings. The topological polar surface area (TPSA) is 127 Å². The molecular formula is C35H42N4O7S. The lowest BCUT2D eigenvalue weighted by molar-refractivity contribution is -0.151. The standard InChI is InChI=1S/C35H42N4O7S/c1-22(40)46-28-11-8-16-38(21-28)35(42)26-17-25-18-27(45-4)13-15-29(25)33-32(23-9-6-5-7-10-23)30-14-12-24(19-31(30)39(33)20-26)34(41)36-47(43,44)37(2)3/h12-15,17-19,23,28H,5-11,16,20-21H2,1-4H3,(H,36,41)/t28-/m1/s1. The number of rotatable bonds is 7. The first-order valence-electron chi connectivity index (χ1n) is 16.2. The number of carbonyl (C=O) groups is 3. The summed E-state index contributed by atoms with van der Waals surface area (Å²) in [7, 11) is 0.330. The molecule has 0 bridgehead atoms. The molecule has 1 aromatic heterocycles. The van der Waals surface area contributed by atoms with E-state index in [9.17, 15) is 22.8 Å². The summed E-state index contributed by atoms with van der Waals surface area (Å²) in [6.45, 7) is 2.49. The summed E-state index contributed by atoms with van der Waals surface area (Å²) >= 11 is 0. The van der Waals surface area contributed by atoms with E-state index in [1.165, 1.54) is 33.0 Å². The minimum atomic E-state index is -4.00. The minimum Gasteiger partial charge on any atom is -0.497 e. The van der Waals surface area contributed by atoms with E-state index in [2.05, 4.69) is 9.29 Å². The number of carbonyl (C=O) groups excluding carboxylic acids is 3. The Morgan fingerprint density at radius 1 is 0.979 bits per heavy atom. The maximum atomic E-state index is 14.3. The van der Waals surface area contributed by atoms with Gasteiger partial charge in [0.15, 0.2) is 0 Å². The molecule has 0 spiro atoms. The predicted molar refractivity (Wildman–Crippen MR) is 179 cm³/mol. The Hall–Kier alpha value is -4.16. The van der Waals surface area contributed by atoms with Gasteiger partial charge >= 0.3 is 16.2 Å². The Balaban J connectivity index is 1.52. The molecule has 6 rings (SSSR count). The van der Waals surface area contributed by atoms with E-state index in [1.54, 1.807) is 24.1 Å². The molecule has 2 amide bonds. The molecular weight excluding hydrogens is 620 g/mol. The van der Waals surface area contributed by atoms with Crippen molar-refractivity contribution in [3.05, 3.63) is 58.7 Å². The van der Waals surface area contributed by atoms with E-state index >= 15 is 0 Å². The lowest BCUT2D eigenvalue weighted by Crippen LogP contribution is -2.44. The first-order chi connectivity index (χ1) is 22.5. The van der Waals surface area contributed by atoms with E-state index in [4.69, 9.17) is 9.47 Å². The number of ether oxygens (including phenoxy) is 2. The van der Waals surface area contributed by atoms with Crippen molar-refractivity contribution >= 4 is 45.0 Å². The van der Waals surface area contributed by atoms with Crippen LogP contribution in [-0.4, -0.2) is 80.4 Å². The number of benzene rings is 2. The van der Waals surface area contributed by atoms with Gasteiger partial charge < -0.3 is 18.9 Å². The van der Waals surface area contributed by atoms with Gasteiger partial charge in [-0.15, -0.1) is 0 Å². The van der Waals surface area contributed by atoms with Crippen LogP contribution in [0.1, 0.15) is 79.3 Å². The van der Waals surface area contributed by atoms with Crippen molar-refractivity contribution in [2.45, 2.75) is 70.4 Å². The maximum absolute atomic E-state index is 14.3. The van der Waals surface area contributed by atoms with Crippen LogP contribution >= 0.6 is 0 Å². The average Bonchev–Trinajstić information content (AvgIpc) is 3.26. The van der Waals surface area contributed by atoms with Gasteiger partial charge in [-0.3, -0.25) is 14.4 Å². The molecule has 1 N–H and O–H groups in total. The number of methoxy groups -OCH3 is 1. The Kier molecular flexibility index (Phi) is 9.17. The second-order valence-corrected chi connectivity index (χ2v) is 14.8. The van der Waals surface area contributed by atoms with Crippen molar-refractivity contribution in [2.75, 3.05) is 34.3 Å². The largest absolute Gasteiger partial charge is 0.497 e. The van der Waals surface area contributed by atoms with Crippen LogP contribution in [0, 0.1) is 0 Å². The van der Waals surface area contributed by atoms with Gasteiger partial charge in [0.1, 0.15) is 11.9 Å². The number of esters is 1. The van der Waals surface area contributed by atoms with Crippen molar-refractivity contribution in [1.29, 1.82) is 0 Å². The van der Waals surface area contributed by atoms with Gasteiger partial charge in [0.25, 0.3) is 11.8 Å². The number of hydrogen-bond donors (Lipinski definition) is 1. The average molecular weight is 663 g/mol. The quantitative estimate of drug-likeness (QED) is 0.359. The van der Waals surface area contributed by atoms with Crippen LogP contribution in [-0.2, 0) is 31.1 Å². The first-order valence-corrected chi connectivity index (χ1v) is 17.7. The Bertz CT molecular complexity index is 1870. The molecule has 3 aliphatic rings. The van der Waals surface area contributed by atoms with Crippen LogP contribution in [0.15, 0.2) is 42.0 Å². The maximum Gasteiger partial charge on any atom is 0.303 e. The number of fused-ring (bicyclic) bond motifs is 5. The Morgan fingerprint density at radius 3 is 2.45 bits per heavy atom. The molecule has 250 valence electrons. The van der Waals surface area contributed by atoms with Crippen LogP contribution in [0.5, 0.6) is 5.75 Å². The highest BCUT2D eigenvalue weighted by Gasteiger charge is 2.33. The van der Waals surface area contributed by atoms with Crippen LogP contribution in [0.25, 0.3) is 28.2 Å².